The third-order valence-corrected chi connectivity index (χ3v) is 8.58. The Kier molecular flexibility index (Phi) is 9.80. The number of carbonyl (C=O) groups is 3. The van der Waals surface area contributed by atoms with Gasteiger partial charge in [-0.05, 0) is 39.5 Å². The van der Waals surface area contributed by atoms with Crippen LogP contribution in [0.25, 0.3) is 0 Å². The number of nitrogens with zero attached hydrogens (tertiary/aromatic N) is 2. The van der Waals surface area contributed by atoms with Gasteiger partial charge in [0, 0.05) is 30.6 Å². The van der Waals surface area contributed by atoms with E-state index in [1.165, 1.54) is 0 Å². The van der Waals surface area contributed by atoms with Crippen molar-refractivity contribution in [1.29, 1.82) is 0 Å². The number of carbonyl (C=O) groups excluding carboxylic acids is 3. The average molecular weight is 558 g/mol. The highest BCUT2D eigenvalue weighted by Crippen LogP contribution is 2.60. The van der Waals surface area contributed by atoms with Crippen molar-refractivity contribution in [3.8, 4) is 0 Å². The molecule has 0 aromatic heterocycles. The lowest BCUT2D eigenvalue weighted by Gasteiger charge is -2.39. The summed E-state index contributed by atoms with van der Waals surface area (Å²) < 4.78 is 11.9. The lowest BCUT2D eigenvalue weighted by molar-refractivity contribution is -0.155. The summed E-state index contributed by atoms with van der Waals surface area (Å²) in [6, 6.07) is -0.803. The molecule has 0 aliphatic carbocycles. The van der Waals surface area contributed by atoms with E-state index in [9.17, 15) is 14.4 Å². The highest BCUT2D eigenvalue weighted by Gasteiger charge is 2.77. The molecule has 0 radical (unpaired) electrons. The van der Waals surface area contributed by atoms with Crippen LogP contribution in [0.2, 0.25) is 0 Å². The maximum absolute atomic E-state index is 14.2. The summed E-state index contributed by atoms with van der Waals surface area (Å²) in [7, 11) is 0. The number of amides is 2. The molecule has 8 nitrogen and oxygen atoms in total. The van der Waals surface area contributed by atoms with E-state index in [1.54, 1.807) is 17.9 Å². The van der Waals surface area contributed by atoms with Crippen molar-refractivity contribution >= 4 is 33.7 Å². The number of hydrogen-bond acceptors (Lipinski definition) is 6. The molecule has 4 unspecified atom stereocenters. The molecular formula is C26H41BrN2O6. The van der Waals surface area contributed by atoms with E-state index in [-0.39, 0.29) is 35.9 Å². The number of likely N-dealkylation sites (tertiary alicyclic amines) is 1. The Labute approximate surface area is 217 Å². The standard InChI is InChI=1S/C26H41BrN2O6/c1-5-12-17(4)28(13-6-2)24(32)22-26-16-18(27)21(35-26)19(25(33)34-7-3)20(26)23(31)29(22)14-10-8-9-11-15-30/h6,17-22,30H,2,5,7-16H2,1,3-4H3/t17?,18?,19-,20-,21-,22?,26?/m0/s1. The summed E-state index contributed by atoms with van der Waals surface area (Å²) in [5.74, 6) is -2.20. The van der Waals surface area contributed by atoms with Crippen LogP contribution < -0.4 is 0 Å². The number of alkyl halides is 1. The molecule has 35 heavy (non-hydrogen) atoms. The number of hydrogen-bond donors (Lipinski definition) is 1. The molecular weight excluding hydrogens is 516 g/mol. The minimum atomic E-state index is -1.05. The number of aliphatic hydroxyl groups is 1. The number of rotatable bonds is 14. The first-order valence-electron chi connectivity index (χ1n) is 13.1. The molecule has 9 heteroatoms. The van der Waals surface area contributed by atoms with Gasteiger partial charge in [0.15, 0.2) is 0 Å². The summed E-state index contributed by atoms with van der Waals surface area (Å²) >= 11 is 3.68. The molecule has 1 spiro atoms. The molecule has 0 aromatic carbocycles. The normalized spacial score (nSPS) is 32.0. The van der Waals surface area contributed by atoms with E-state index in [2.05, 4.69) is 29.4 Å². The van der Waals surface area contributed by atoms with Crippen LogP contribution in [-0.2, 0) is 23.9 Å². The predicted octanol–water partition coefficient (Wildman–Crippen LogP) is 3.05. The van der Waals surface area contributed by atoms with Crippen molar-refractivity contribution in [2.45, 2.75) is 94.3 Å². The van der Waals surface area contributed by atoms with Crippen molar-refractivity contribution in [3.63, 3.8) is 0 Å². The summed E-state index contributed by atoms with van der Waals surface area (Å²) in [6.07, 6.45) is 6.62. The van der Waals surface area contributed by atoms with Gasteiger partial charge in [-0.2, -0.15) is 0 Å². The number of aliphatic hydroxyl groups excluding tert-OH is 1. The van der Waals surface area contributed by atoms with Gasteiger partial charge in [-0.3, -0.25) is 14.4 Å². The summed E-state index contributed by atoms with van der Waals surface area (Å²) in [6.45, 7) is 10.9. The summed E-state index contributed by atoms with van der Waals surface area (Å²) in [5.41, 5.74) is -1.05. The number of ether oxygens (including phenoxy) is 2. The van der Waals surface area contributed by atoms with Crippen LogP contribution in [0.5, 0.6) is 0 Å². The van der Waals surface area contributed by atoms with Gasteiger partial charge in [0.1, 0.15) is 11.6 Å². The van der Waals surface area contributed by atoms with E-state index in [0.29, 0.717) is 25.9 Å². The Balaban J connectivity index is 1.98. The zero-order valence-electron chi connectivity index (χ0n) is 21.3. The van der Waals surface area contributed by atoms with Crippen molar-refractivity contribution in [1.82, 2.24) is 9.80 Å². The van der Waals surface area contributed by atoms with Gasteiger partial charge in [-0.25, -0.2) is 0 Å². The van der Waals surface area contributed by atoms with Crippen LogP contribution in [0.1, 0.15) is 65.7 Å². The lowest BCUT2D eigenvalue weighted by Crippen LogP contribution is -2.58. The second-order valence-corrected chi connectivity index (χ2v) is 11.2. The molecule has 3 aliphatic rings. The number of unbranched alkanes of at least 4 members (excludes halogenated alkanes) is 3. The quantitative estimate of drug-likeness (QED) is 0.153. The number of halogens is 1. The van der Waals surface area contributed by atoms with Crippen molar-refractivity contribution in [2.24, 2.45) is 11.8 Å². The van der Waals surface area contributed by atoms with Crippen LogP contribution in [0.15, 0.2) is 12.7 Å². The first kappa shape index (κ1) is 28.1. The van der Waals surface area contributed by atoms with Crippen molar-refractivity contribution < 1.29 is 29.0 Å². The van der Waals surface area contributed by atoms with Crippen LogP contribution in [0.3, 0.4) is 0 Å². The summed E-state index contributed by atoms with van der Waals surface area (Å²) in [4.78, 5) is 44.4. The van der Waals surface area contributed by atoms with Gasteiger partial charge in [-0.1, -0.05) is 48.2 Å². The third-order valence-electron chi connectivity index (χ3n) is 7.74. The predicted molar refractivity (Wildman–Crippen MR) is 136 cm³/mol. The van der Waals surface area contributed by atoms with E-state index in [0.717, 1.165) is 32.1 Å². The molecule has 3 rings (SSSR count). The molecule has 2 bridgehead atoms. The smallest absolute Gasteiger partial charge is 0.312 e. The molecule has 7 atom stereocenters. The Morgan fingerprint density at radius 3 is 2.69 bits per heavy atom. The largest absolute Gasteiger partial charge is 0.466 e. The fourth-order valence-corrected chi connectivity index (χ4v) is 7.20. The zero-order chi connectivity index (χ0) is 25.8. The van der Waals surface area contributed by atoms with Crippen LogP contribution in [0.4, 0.5) is 0 Å². The van der Waals surface area contributed by atoms with E-state index in [1.807, 2.05) is 11.8 Å². The first-order valence-corrected chi connectivity index (χ1v) is 14.0. The maximum Gasteiger partial charge on any atom is 0.312 e. The van der Waals surface area contributed by atoms with Gasteiger partial charge in [-0.15, -0.1) is 6.58 Å². The molecule has 3 saturated heterocycles. The van der Waals surface area contributed by atoms with Gasteiger partial charge in [0.05, 0.1) is 24.5 Å². The minimum Gasteiger partial charge on any atom is -0.466 e. The molecule has 3 heterocycles. The van der Waals surface area contributed by atoms with E-state index >= 15 is 0 Å². The Morgan fingerprint density at radius 2 is 2.06 bits per heavy atom. The Bertz CT molecular complexity index is 794. The first-order chi connectivity index (χ1) is 16.8. The third kappa shape index (κ3) is 5.18. The summed E-state index contributed by atoms with van der Waals surface area (Å²) in [5, 5.41) is 9.08. The van der Waals surface area contributed by atoms with E-state index < -0.39 is 35.6 Å². The second-order valence-electron chi connectivity index (χ2n) is 10.0. The maximum atomic E-state index is 14.2. The molecule has 1 N–H and O–H groups in total. The average Bonchev–Trinajstić information content (AvgIpc) is 3.41. The topological polar surface area (TPSA) is 96.4 Å². The van der Waals surface area contributed by atoms with E-state index in [4.69, 9.17) is 14.6 Å². The van der Waals surface area contributed by atoms with Gasteiger partial charge < -0.3 is 24.4 Å². The molecule has 3 aliphatic heterocycles. The van der Waals surface area contributed by atoms with Gasteiger partial charge in [0.25, 0.3) is 0 Å². The number of fused-ring (bicyclic) bond motifs is 1. The fourth-order valence-electron chi connectivity index (χ4n) is 6.26. The Hall–Kier alpha value is -1.45. The minimum absolute atomic E-state index is 0.0123. The molecule has 3 fully saturated rings. The van der Waals surface area contributed by atoms with Crippen LogP contribution in [0, 0.1) is 11.8 Å². The van der Waals surface area contributed by atoms with Crippen molar-refractivity contribution in [2.75, 3.05) is 26.3 Å². The highest BCUT2D eigenvalue weighted by atomic mass is 79.9. The zero-order valence-corrected chi connectivity index (χ0v) is 22.9. The fraction of sp³-hybridized carbons (Fsp3) is 0.808. The SMILES string of the molecule is C=CCN(C(=O)C1N(CCCCCCO)C(=O)[C@@H]2[C@H](C(=O)OCC)[C@H]3OC12CC3Br)C(C)CCC. The Morgan fingerprint density at radius 1 is 1.34 bits per heavy atom. The number of esters is 1. The van der Waals surface area contributed by atoms with Crippen LogP contribution >= 0.6 is 15.9 Å². The van der Waals surface area contributed by atoms with Crippen LogP contribution in [-0.4, -0.2) is 87.6 Å². The van der Waals surface area contributed by atoms with Crippen molar-refractivity contribution in [3.05, 3.63) is 12.7 Å². The molecule has 2 amide bonds. The monoisotopic (exact) mass is 556 g/mol. The molecule has 198 valence electrons. The molecule has 0 saturated carbocycles. The lowest BCUT2D eigenvalue weighted by atomic mass is 9.70. The molecule has 0 aromatic rings. The second kappa shape index (κ2) is 12.2. The highest BCUT2D eigenvalue weighted by molar-refractivity contribution is 9.09. The van der Waals surface area contributed by atoms with Gasteiger partial charge in [0.2, 0.25) is 11.8 Å². The van der Waals surface area contributed by atoms with Gasteiger partial charge >= 0.3 is 5.97 Å².